The second-order valence-corrected chi connectivity index (χ2v) is 7.09. The van der Waals surface area contributed by atoms with Crippen LogP contribution in [0, 0.1) is 0 Å². The van der Waals surface area contributed by atoms with Gasteiger partial charge in [0.1, 0.15) is 11.5 Å². The van der Waals surface area contributed by atoms with Crippen molar-refractivity contribution in [3.63, 3.8) is 0 Å². The zero-order valence-electron chi connectivity index (χ0n) is 12.7. The van der Waals surface area contributed by atoms with Gasteiger partial charge in [0.2, 0.25) is 10.0 Å². The van der Waals surface area contributed by atoms with Crippen molar-refractivity contribution in [2.75, 3.05) is 13.1 Å². The highest BCUT2D eigenvalue weighted by atomic mass is 32.2. The van der Waals surface area contributed by atoms with Gasteiger partial charge in [0.15, 0.2) is 0 Å². The summed E-state index contributed by atoms with van der Waals surface area (Å²) in [5.74, 6) is 1.33. The predicted molar refractivity (Wildman–Crippen MR) is 88.5 cm³/mol. The van der Waals surface area contributed by atoms with Crippen molar-refractivity contribution in [2.24, 2.45) is 10.2 Å². The van der Waals surface area contributed by atoms with E-state index in [1.807, 2.05) is 17.1 Å². The van der Waals surface area contributed by atoms with Gasteiger partial charge in [-0.25, -0.2) is 13.6 Å². The average molecular weight is 333 g/mol. The molecule has 1 fully saturated rings. The van der Waals surface area contributed by atoms with Gasteiger partial charge in [-0.2, -0.15) is 5.10 Å². The summed E-state index contributed by atoms with van der Waals surface area (Å²) >= 11 is 0. The van der Waals surface area contributed by atoms with E-state index in [2.05, 4.69) is 5.10 Å². The Balaban J connectivity index is 1.72. The first kappa shape index (κ1) is 15.8. The topological polar surface area (TPSA) is 88.9 Å². The van der Waals surface area contributed by atoms with E-state index in [0.717, 1.165) is 18.7 Å². The lowest BCUT2D eigenvalue weighted by atomic mass is 10.2. The Hall–Kier alpha value is -2.12. The molecule has 23 heavy (non-hydrogen) atoms. The Morgan fingerprint density at radius 3 is 2.39 bits per heavy atom. The van der Waals surface area contributed by atoms with E-state index in [4.69, 9.17) is 9.56 Å². The number of hydrogen-bond donors (Lipinski definition) is 1. The summed E-state index contributed by atoms with van der Waals surface area (Å²) in [4.78, 5) is 0.0830. The van der Waals surface area contributed by atoms with E-state index >= 15 is 0 Å². The summed E-state index contributed by atoms with van der Waals surface area (Å²) in [7, 11) is -3.67. The van der Waals surface area contributed by atoms with Crippen molar-refractivity contribution in [3.8, 4) is 11.3 Å². The molecule has 1 aromatic heterocycles. The summed E-state index contributed by atoms with van der Waals surface area (Å²) in [5.41, 5.74) is 0.787. The van der Waals surface area contributed by atoms with Gasteiger partial charge in [-0.3, -0.25) is 5.01 Å². The van der Waals surface area contributed by atoms with Gasteiger partial charge < -0.3 is 4.42 Å². The van der Waals surface area contributed by atoms with Crippen molar-refractivity contribution >= 4 is 16.2 Å². The summed E-state index contributed by atoms with van der Waals surface area (Å²) in [6.45, 7) is 1.97. The van der Waals surface area contributed by atoms with Crippen LogP contribution >= 0.6 is 0 Å². The molecule has 2 heterocycles. The number of nitrogens with zero attached hydrogens (tertiary/aromatic N) is 2. The highest BCUT2D eigenvalue weighted by Gasteiger charge is 2.10. The molecule has 2 aromatic rings. The van der Waals surface area contributed by atoms with Crippen molar-refractivity contribution < 1.29 is 12.8 Å². The fourth-order valence-corrected chi connectivity index (χ4v) is 3.03. The predicted octanol–water partition coefficient (Wildman–Crippen LogP) is 2.41. The second kappa shape index (κ2) is 6.55. The van der Waals surface area contributed by atoms with E-state index in [1.54, 1.807) is 18.3 Å². The lowest BCUT2D eigenvalue weighted by molar-refractivity contribution is 0.240. The van der Waals surface area contributed by atoms with Crippen LogP contribution in [0.1, 0.15) is 25.0 Å². The van der Waals surface area contributed by atoms with Crippen LogP contribution in [-0.4, -0.2) is 32.7 Å². The molecule has 1 aromatic carbocycles. The molecule has 3 rings (SSSR count). The zero-order chi connectivity index (χ0) is 16.3. The molecule has 122 valence electrons. The van der Waals surface area contributed by atoms with Gasteiger partial charge in [0.25, 0.3) is 0 Å². The maximum atomic E-state index is 11.3. The Morgan fingerprint density at radius 1 is 1.04 bits per heavy atom. The number of primary sulfonamides is 1. The first-order valence-corrected chi connectivity index (χ1v) is 9.09. The zero-order valence-corrected chi connectivity index (χ0v) is 13.5. The molecule has 0 radical (unpaired) electrons. The quantitative estimate of drug-likeness (QED) is 0.870. The number of sulfonamides is 1. The third-order valence-electron chi connectivity index (χ3n) is 3.77. The Bertz CT molecular complexity index is 788. The molecule has 0 spiro atoms. The Kier molecular flexibility index (Phi) is 4.49. The summed E-state index contributed by atoms with van der Waals surface area (Å²) < 4.78 is 28.2. The molecule has 0 aliphatic carbocycles. The number of hydrogen-bond acceptors (Lipinski definition) is 5. The molecule has 0 unspecified atom stereocenters. The molecule has 7 heteroatoms. The SMILES string of the molecule is NS(=O)(=O)c1ccc(-c2ccc(/C=N\N3CCCCC3)o2)cc1. The van der Waals surface area contributed by atoms with Crippen LogP contribution in [0.2, 0.25) is 0 Å². The maximum Gasteiger partial charge on any atom is 0.238 e. The number of furan rings is 1. The number of rotatable bonds is 4. The minimum atomic E-state index is -3.67. The minimum Gasteiger partial charge on any atom is -0.455 e. The molecule has 6 nitrogen and oxygen atoms in total. The first-order chi connectivity index (χ1) is 11.0. The second-order valence-electron chi connectivity index (χ2n) is 5.53. The molecule has 1 aliphatic heterocycles. The Morgan fingerprint density at radius 2 is 1.74 bits per heavy atom. The van der Waals surface area contributed by atoms with E-state index in [9.17, 15) is 8.42 Å². The highest BCUT2D eigenvalue weighted by Crippen LogP contribution is 2.23. The maximum absolute atomic E-state index is 11.3. The van der Waals surface area contributed by atoms with Crippen LogP contribution < -0.4 is 5.14 Å². The fraction of sp³-hybridized carbons (Fsp3) is 0.312. The molecular formula is C16H19N3O3S. The molecule has 2 N–H and O–H groups in total. The summed E-state index contributed by atoms with van der Waals surface area (Å²) in [5, 5.41) is 11.6. The average Bonchev–Trinajstić information content (AvgIpc) is 3.02. The van der Waals surface area contributed by atoms with Gasteiger partial charge in [-0.05, 0) is 55.7 Å². The lowest BCUT2D eigenvalue weighted by Crippen LogP contribution is -2.24. The standard InChI is InChI=1S/C16H19N3O3S/c17-23(20,21)15-7-4-13(5-8-15)16-9-6-14(22-16)12-18-19-10-2-1-3-11-19/h4-9,12H,1-3,10-11H2,(H2,17,20,21)/b18-12-. The summed E-state index contributed by atoms with van der Waals surface area (Å²) in [6, 6.07) is 9.96. The lowest BCUT2D eigenvalue weighted by Gasteiger charge is -2.22. The van der Waals surface area contributed by atoms with E-state index < -0.39 is 10.0 Å². The number of hydrazone groups is 1. The van der Waals surface area contributed by atoms with Crippen molar-refractivity contribution in [1.29, 1.82) is 0 Å². The van der Waals surface area contributed by atoms with E-state index in [1.165, 1.54) is 31.4 Å². The van der Waals surface area contributed by atoms with Crippen molar-refractivity contribution in [2.45, 2.75) is 24.2 Å². The molecule has 0 bridgehead atoms. The molecule has 0 atom stereocenters. The first-order valence-electron chi connectivity index (χ1n) is 7.54. The number of benzene rings is 1. The van der Waals surface area contributed by atoms with Gasteiger partial charge in [-0.15, -0.1) is 0 Å². The van der Waals surface area contributed by atoms with Crippen LogP contribution in [0.15, 0.2) is 50.8 Å². The third kappa shape index (κ3) is 4.00. The van der Waals surface area contributed by atoms with Crippen LogP contribution in [0.25, 0.3) is 11.3 Å². The smallest absolute Gasteiger partial charge is 0.238 e. The van der Waals surface area contributed by atoms with Gasteiger partial charge in [0, 0.05) is 18.7 Å². The third-order valence-corrected chi connectivity index (χ3v) is 4.70. The monoisotopic (exact) mass is 333 g/mol. The molecule has 0 amide bonds. The van der Waals surface area contributed by atoms with Crippen LogP contribution in [0.5, 0.6) is 0 Å². The van der Waals surface area contributed by atoms with Crippen LogP contribution in [0.4, 0.5) is 0 Å². The fourth-order valence-electron chi connectivity index (χ4n) is 2.52. The normalized spacial score (nSPS) is 16.1. The molecule has 1 saturated heterocycles. The van der Waals surface area contributed by atoms with Crippen molar-refractivity contribution in [3.05, 3.63) is 42.2 Å². The van der Waals surface area contributed by atoms with E-state index in [0.29, 0.717) is 11.5 Å². The minimum absolute atomic E-state index is 0.0830. The van der Waals surface area contributed by atoms with Gasteiger partial charge >= 0.3 is 0 Å². The van der Waals surface area contributed by atoms with Gasteiger partial charge in [0.05, 0.1) is 11.1 Å². The Labute approximate surface area is 135 Å². The van der Waals surface area contributed by atoms with Crippen molar-refractivity contribution in [1.82, 2.24) is 5.01 Å². The van der Waals surface area contributed by atoms with E-state index in [-0.39, 0.29) is 4.90 Å². The number of piperidine rings is 1. The molecular weight excluding hydrogens is 314 g/mol. The largest absolute Gasteiger partial charge is 0.455 e. The van der Waals surface area contributed by atoms with Crippen LogP contribution in [-0.2, 0) is 10.0 Å². The van der Waals surface area contributed by atoms with Gasteiger partial charge in [-0.1, -0.05) is 0 Å². The van der Waals surface area contributed by atoms with Crippen LogP contribution in [0.3, 0.4) is 0 Å². The highest BCUT2D eigenvalue weighted by molar-refractivity contribution is 7.89. The number of nitrogens with two attached hydrogens (primary N) is 1. The summed E-state index contributed by atoms with van der Waals surface area (Å²) in [6.07, 6.45) is 5.34. The molecule has 1 aliphatic rings. The molecule has 0 saturated carbocycles.